The van der Waals surface area contributed by atoms with Crippen LogP contribution in [0.3, 0.4) is 0 Å². The lowest BCUT2D eigenvalue weighted by Gasteiger charge is -2.07. The molecule has 0 spiro atoms. The monoisotopic (exact) mass is 468 g/mol. The highest BCUT2D eigenvalue weighted by Crippen LogP contribution is 2.29. The van der Waals surface area contributed by atoms with Crippen LogP contribution in [-0.4, -0.2) is 26.5 Å². The number of amides is 1. The second kappa shape index (κ2) is 8.54. The molecule has 0 aliphatic carbocycles. The molecular weight excluding hydrogens is 449 g/mol. The van der Waals surface area contributed by atoms with Gasteiger partial charge in [-0.25, -0.2) is 10.1 Å². The van der Waals surface area contributed by atoms with Gasteiger partial charge in [-0.2, -0.15) is 18.3 Å². The van der Waals surface area contributed by atoms with Gasteiger partial charge >= 0.3 is 6.18 Å². The zero-order valence-corrected chi connectivity index (χ0v) is 18.1. The number of phenols is 1. The van der Waals surface area contributed by atoms with E-state index in [9.17, 15) is 27.9 Å². The lowest BCUT2D eigenvalue weighted by molar-refractivity contribution is -0.137. The molecular formula is C24H19F3N4O3. The van der Waals surface area contributed by atoms with E-state index in [1.165, 1.54) is 31.2 Å². The van der Waals surface area contributed by atoms with Gasteiger partial charge in [-0.3, -0.25) is 14.7 Å². The summed E-state index contributed by atoms with van der Waals surface area (Å²) in [6.07, 6.45) is -4.48. The van der Waals surface area contributed by atoms with Crippen LogP contribution in [0, 0.1) is 6.92 Å². The molecule has 0 radical (unpaired) electrons. The fourth-order valence-electron chi connectivity index (χ4n) is 3.61. The first-order valence-electron chi connectivity index (χ1n) is 10.1. The molecule has 0 bridgehead atoms. The Morgan fingerprint density at radius 3 is 2.29 bits per heavy atom. The van der Waals surface area contributed by atoms with Gasteiger partial charge in [0.25, 0.3) is 11.5 Å². The Bertz CT molecular complexity index is 1480. The van der Waals surface area contributed by atoms with Crippen LogP contribution in [-0.2, 0) is 6.18 Å². The van der Waals surface area contributed by atoms with E-state index in [1.807, 2.05) is 6.07 Å². The van der Waals surface area contributed by atoms with Gasteiger partial charge in [0.1, 0.15) is 5.75 Å². The first-order chi connectivity index (χ1) is 16.1. The number of carbonyl (C=O) groups is 1. The number of rotatable bonds is 4. The normalized spacial score (nSPS) is 12.2. The number of carbonyl (C=O) groups excluding carboxylic acids is 1. The van der Waals surface area contributed by atoms with Gasteiger partial charge in [-0.05, 0) is 61.0 Å². The van der Waals surface area contributed by atoms with Crippen molar-refractivity contribution in [2.24, 2.45) is 5.10 Å². The molecule has 174 valence electrons. The van der Waals surface area contributed by atoms with Gasteiger partial charge in [0.05, 0.1) is 28.1 Å². The van der Waals surface area contributed by atoms with Crippen LogP contribution in [0.25, 0.3) is 16.5 Å². The number of aromatic nitrogens is 2. The Morgan fingerprint density at radius 1 is 1.06 bits per heavy atom. The number of aryl methyl sites for hydroxylation is 1. The highest BCUT2D eigenvalue weighted by molar-refractivity contribution is 6.04. The first kappa shape index (κ1) is 22.8. The number of nitrogens with zero attached hydrogens (tertiary/aromatic N) is 2. The summed E-state index contributed by atoms with van der Waals surface area (Å²) < 4.78 is 39.5. The molecule has 0 saturated carbocycles. The number of halogens is 3. The zero-order valence-electron chi connectivity index (χ0n) is 18.1. The first-order valence-corrected chi connectivity index (χ1v) is 10.1. The van der Waals surface area contributed by atoms with Crippen molar-refractivity contribution in [1.29, 1.82) is 0 Å². The fraction of sp³-hybridized carbons (Fsp3) is 0.125. The van der Waals surface area contributed by atoms with E-state index in [-0.39, 0.29) is 28.3 Å². The summed E-state index contributed by atoms with van der Waals surface area (Å²) in [7, 11) is 0. The van der Waals surface area contributed by atoms with Crippen LogP contribution >= 0.6 is 0 Å². The number of H-pyrrole nitrogens is 1. The minimum Gasteiger partial charge on any atom is -0.507 e. The molecule has 0 saturated heterocycles. The maximum absolute atomic E-state index is 12.9. The van der Waals surface area contributed by atoms with Gasteiger partial charge in [0.15, 0.2) is 0 Å². The van der Waals surface area contributed by atoms with Crippen molar-refractivity contribution in [2.75, 3.05) is 0 Å². The van der Waals surface area contributed by atoms with Gasteiger partial charge in [-0.15, -0.1) is 0 Å². The third-order valence-corrected chi connectivity index (χ3v) is 5.32. The molecule has 0 fully saturated rings. The summed E-state index contributed by atoms with van der Waals surface area (Å²) in [4.78, 5) is 25.5. The molecule has 10 heteroatoms. The van der Waals surface area contributed by atoms with Gasteiger partial charge in [-0.1, -0.05) is 24.3 Å². The van der Waals surface area contributed by atoms with E-state index >= 15 is 0 Å². The zero-order chi connectivity index (χ0) is 24.6. The molecule has 0 atom stereocenters. The standard InChI is InChI=1S/C24H19F3N4O3/c1-13(28-29-22(33)19-11-15-5-3-4-6-16(15)12-20(19)32)21-14(2)30-31(23(21)34)18-9-7-17(8-10-18)24(25,26)27/h3-12,30,32H,1-2H3,(H,29,33)/b28-13-. The summed E-state index contributed by atoms with van der Waals surface area (Å²) >= 11 is 0. The molecule has 1 heterocycles. The lowest BCUT2D eigenvalue weighted by Crippen LogP contribution is -2.23. The minimum atomic E-state index is -4.48. The van der Waals surface area contributed by atoms with Gasteiger partial charge in [0, 0.05) is 5.69 Å². The van der Waals surface area contributed by atoms with E-state index in [0.29, 0.717) is 5.69 Å². The molecule has 0 aliphatic rings. The van der Waals surface area contributed by atoms with E-state index in [4.69, 9.17) is 0 Å². The SMILES string of the molecule is C/C(=N/NC(=O)c1cc2ccccc2cc1O)c1c(C)[nH]n(-c2ccc(C(F)(F)F)cc2)c1=O. The van der Waals surface area contributed by atoms with Crippen molar-refractivity contribution in [2.45, 2.75) is 20.0 Å². The van der Waals surface area contributed by atoms with Crippen molar-refractivity contribution in [3.8, 4) is 11.4 Å². The molecule has 34 heavy (non-hydrogen) atoms. The number of nitrogens with one attached hydrogen (secondary N) is 2. The second-order valence-electron chi connectivity index (χ2n) is 7.65. The topological polar surface area (TPSA) is 99.5 Å². The number of hydrogen-bond acceptors (Lipinski definition) is 4. The molecule has 0 unspecified atom stereocenters. The van der Waals surface area contributed by atoms with E-state index in [2.05, 4.69) is 15.6 Å². The summed E-state index contributed by atoms with van der Waals surface area (Å²) in [5.41, 5.74) is 1.94. The third-order valence-electron chi connectivity index (χ3n) is 5.32. The predicted molar refractivity (Wildman–Crippen MR) is 121 cm³/mol. The van der Waals surface area contributed by atoms with E-state index < -0.39 is 23.2 Å². The highest BCUT2D eigenvalue weighted by atomic mass is 19.4. The van der Waals surface area contributed by atoms with Crippen LogP contribution in [0.2, 0.25) is 0 Å². The Balaban J connectivity index is 1.60. The number of aromatic hydroxyl groups is 1. The van der Waals surface area contributed by atoms with Crippen molar-refractivity contribution in [3.63, 3.8) is 0 Å². The largest absolute Gasteiger partial charge is 0.507 e. The molecule has 0 aliphatic heterocycles. The number of aromatic amines is 1. The number of hydrogen-bond donors (Lipinski definition) is 3. The van der Waals surface area contributed by atoms with Gasteiger partial charge < -0.3 is 5.11 Å². The molecule has 3 aromatic carbocycles. The Kier molecular flexibility index (Phi) is 5.74. The average Bonchev–Trinajstić information content (AvgIpc) is 3.10. The van der Waals surface area contributed by atoms with Gasteiger partial charge in [0.2, 0.25) is 0 Å². The third kappa shape index (κ3) is 4.29. The summed E-state index contributed by atoms with van der Waals surface area (Å²) in [6, 6.07) is 14.4. The Labute approximate surface area is 191 Å². The molecule has 1 aromatic heterocycles. The summed E-state index contributed by atoms with van der Waals surface area (Å²) in [6.45, 7) is 3.11. The summed E-state index contributed by atoms with van der Waals surface area (Å²) in [5.74, 6) is -0.884. The van der Waals surface area contributed by atoms with Crippen molar-refractivity contribution in [1.82, 2.24) is 15.2 Å². The fourth-order valence-corrected chi connectivity index (χ4v) is 3.61. The molecule has 4 aromatic rings. The highest BCUT2D eigenvalue weighted by Gasteiger charge is 2.30. The van der Waals surface area contributed by atoms with Crippen molar-refractivity contribution in [3.05, 3.63) is 93.4 Å². The maximum atomic E-state index is 12.9. The predicted octanol–water partition coefficient (Wildman–Crippen LogP) is 4.51. The number of phenolic OH excluding ortho intramolecular Hbond substituents is 1. The minimum absolute atomic E-state index is 0.0169. The van der Waals surface area contributed by atoms with Crippen LogP contribution in [0.1, 0.15) is 34.1 Å². The number of fused-ring (bicyclic) bond motifs is 1. The number of alkyl halides is 3. The van der Waals surface area contributed by atoms with Crippen molar-refractivity contribution >= 4 is 22.4 Å². The van der Waals surface area contributed by atoms with E-state index in [0.717, 1.165) is 27.6 Å². The maximum Gasteiger partial charge on any atom is 0.416 e. The van der Waals surface area contributed by atoms with Crippen LogP contribution < -0.4 is 11.0 Å². The Morgan fingerprint density at radius 2 is 1.68 bits per heavy atom. The van der Waals surface area contributed by atoms with Crippen LogP contribution in [0.5, 0.6) is 5.75 Å². The quantitative estimate of drug-likeness (QED) is 0.304. The van der Waals surface area contributed by atoms with Crippen LogP contribution in [0.15, 0.2) is 70.6 Å². The lowest BCUT2D eigenvalue weighted by atomic mass is 10.1. The summed E-state index contributed by atoms with van der Waals surface area (Å²) in [5, 5.41) is 18.5. The number of hydrazone groups is 1. The molecule has 1 amide bonds. The van der Waals surface area contributed by atoms with Crippen LogP contribution in [0.4, 0.5) is 13.2 Å². The molecule has 7 nitrogen and oxygen atoms in total. The number of benzene rings is 3. The van der Waals surface area contributed by atoms with Crippen molar-refractivity contribution < 1.29 is 23.1 Å². The second-order valence-corrected chi connectivity index (χ2v) is 7.65. The van der Waals surface area contributed by atoms with E-state index in [1.54, 1.807) is 25.1 Å². The average molecular weight is 468 g/mol. The molecule has 3 N–H and O–H groups in total. The Hall–Kier alpha value is -4.34. The molecule has 4 rings (SSSR count). The smallest absolute Gasteiger partial charge is 0.416 e.